The van der Waals surface area contributed by atoms with Gasteiger partial charge >= 0.3 is 0 Å². The van der Waals surface area contributed by atoms with Crippen LogP contribution in [0.15, 0.2) is 30.3 Å². The van der Waals surface area contributed by atoms with Crippen LogP contribution in [-0.4, -0.2) is 44.9 Å². The maximum Gasteiger partial charge on any atom is 0.192 e. The second kappa shape index (κ2) is 10.7. The van der Waals surface area contributed by atoms with E-state index in [1.165, 1.54) is 5.56 Å². The number of epoxide rings is 1. The van der Waals surface area contributed by atoms with Crippen molar-refractivity contribution in [3.05, 3.63) is 35.9 Å². The minimum Gasteiger partial charge on any atom is -0.413 e. The zero-order valence-corrected chi connectivity index (χ0v) is 18.7. The summed E-state index contributed by atoms with van der Waals surface area (Å²) in [6, 6.07) is 13.7. The third-order valence-electron chi connectivity index (χ3n) is 6.21. The van der Waals surface area contributed by atoms with Crippen LogP contribution in [0.2, 0.25) is 18.1 Å². The molecule has 1 heterocycles. The molecule has 0 aliphatic carbocycles. The van der Waals surface area contributed by atoms with E-state index < -0.39 is 8.32 Å². The second-order valence-electron chi connectivity index (χ2n) is 7.98. The van der Waals surface area contributed by atoms with Crippen LogP contribution in [0.4, 0.5) is 0 Å². The van der Waals surface area contributed by atoms with Crippen molar-refractivity contribution in [2.75, 3.05) is 13.2 Å². The molecule has 4 nitrogen and oxygen atoms in total. The molecule has 1 saturated heterocycles. The summed E-state index contributed by atoms with van der Waals surface area (Å²) in [5.74, 6) is 0.540. The fraction of sp³-hybridized carbons (Fsp3) is 0.727. The summed E-state index contributed by atoms with van der Waals surface area (Å²) >= 11 is 0. The van der Waals surface area contributed by atoms with Crippen molar-refractivity contribution >= 4 is 8.32 Å². The molecule has 1 aliphatic rings. The molecule has 1 aliphatic heterocycles. The summed E-state index contributed by atoms with van der Waals surface area (Å²) in [6.07, 6.45) is 0.187. The lowest BCUT2D eigenvalue weighted by molar-refractivity contribution is 0.00589. The molecule has 1 aromatic carbocycles. The van der Waals surface area contributed by atoms with E-state index in [1.807, 2.05) is 18.2 Å². The first-order valence-corrected chi connectivity index (χ1v) is 13.1. The van der Waals surface area contributed by atoms with E-state index in [9.17, 15) is 5.11 Å². The summed E-state index contributed by atoms with van der Waals surface area (Å²) in [5, 5.41) is 9.40. The number of aliphatic hydroxyl groups excluding tert-OH is 1. The zero-order valence-electron chi connectivity index (χ0n) is 17.7. The first kappa shape index (κ1) is 22.6. The molecule has 5 heteroatoms. The largest absolute Gasteiger partial charge is 0.413 e. The average molecular weight is 395 g/mol. The topological polar surface area (TPSA) is 51.2 Å². The Morgan fingerprint density at radius 1 is 1.07 bits per heavy atom. The molecule has 1 N–H and O–H groups in total. The monoisotopic (exact) mass is 394 g/mol. The molecule has 27 heavy (non-hydrogen) atoms. The van der Waals surface area contributed by atoms with Gasteiger partial charge in [-0.2, -0.15) is 0 Å². The lowest BCUT2D eigenvalue weighted by Gasteiger charge is -2.38. The van der Waals surface area contributed by atoms with E-state index >= 15 is 0 Å². The minimum atomic E-state index is -1.73. The number of hydrogen-bond acceptors (Lipinski definition) is 4. The van der Waals surface area contributed by atoms with Gasteiger partial charge in [-0.1, -0.05) is 65.0 Å². The Balaban J connectivity index is 2.01. The van der Waals surface area contributed by atoms with E-state index in [2.05, 4.69) is 46.8 Å². The maximum atomic E-state index is 9.40. The van der Waals surface area contributed by atoms with Crippen molar-refractivity contribution in [3.63, 3.8) is 0 Å². The highest BCUT2D eigenvalue weighted by Gasteiger charge is 2.48. The lowest BCUT2D eigenvalue weighted by atomic mass is 9.90. The van der Waals surface area contributed by atoms with Crippen molar-refractivity contribution in [1.29, 1.82) is 0 Å². The molecule has 0 radical (unpaired) electrons. The van der Waals surface area contributed by atoms with Gasteiger partial charge in [0, 0.05) is 11.8 Å². The molecule has 0 spiro atoms. The van der Waals surface area contributed by atoms with Crippen LogP contribution in [0.25, 0.3) is 0 Å². The molecule has 0 aromatic heterocycles. The van der Waals surface area contributed by atoms with Crippen molar-refractivity contribution in [2.45, 2.75) is 77.7 Å². The number of rotatable bonds is 13. The van der Waals surface area contributed by atoms with E-state index in [-0.39, 0.29) is 36.8 Å². The molecule has 1 fully saturated rings. The molecule has 0 unspecified atom stereocenters. The van der Waals surface area contributed by atoms with Crippen molar-refractivity contribution in [3.8, 4) is 0 Å². The summed E-state index contributed by atoms with van der Waals surface area (Å²) in [4.78, 5) is 0. The quantitative estimate of drug-likeness (QED) is 0.392. The number of benzene rings is 1. The van der Waals surface area contributed by atoms with Gasteiger partial charge in [0.25, 0.3) is 0 Å². The van der Waals surface area contributed by atoms with Crippen LogP contribution in [0, 0.1) is 11.8 Å². The Kier molecular flexibility index (Phi) is 8.96. The summed E-state index contributed by atoms with van der Waals surface area (Å²) < 4.78 is 18.6. The molecular formula is C22H38O4Si. The van der Waals surface area contributed by atoms with Crippen LogP contribution in [0.1, 0.15) is 40.2 Å². The highest BCUT2D eigenvalue weighted by molar-refractivity contribution is 6.73. The molecule has 1 aromatic rings. The number of hydrogen-bond donors (Lipinski definition) is 1. The van der Waals surface area contributed by atoms with Gasteiger partial charge in [0.15, 0.2) is 8.32 Å². The minimum absolute atomic E-state index is 0.0236. The average Bonchev–Trinajstić information content (AvgIpc) is 3.50. The van der Waals surface area contributed by atoms with E-state index in [0.717, 1.165) is 18.1 Å². The third kappa shape index (κ3) is 6.13. The van der Waals surface area contributed by atoms with Gasteiger partial charge in [-0.3, -0.25) is 0 Å². The lowest BCUT2D eigenvalue weighted by Crippen LogP contribution is -2.46. The zero-order chi connectivity index (χ0) is 19.9. The van der Waals surface area contributed by atoms with E-state index in [0.29, 0.717) is 13.2 Å². The van der Waals surface area contributed by atoms with Crippen LogP contribution in [0.3, 0.4) is 0 Å². The molecule has 5 atom stereocenters. The molecule has 2 rings (SSSR count). The van der Waals surface area contributed by atoms with Crippen LogP contribution < -0.4 is 0 Å². The normalized spacial score (nSPS) is 23.0. The Hall–Kier alpha value is -0.723. The summed E-state index contributed by atoms with van der Waals surface area (Å²) in [6.45, 7) is 12.6. The summed E-state index contributed by atoms with van der Waals surface area (Å²) in [5.41, 5.74) is 1.19. The van der Waals surface area contributed by atoms with Crippen LogP contribution in [-0.2, 0) is 20.5 Å². The number of ether oxygens (including phenoxy) is 2. The van der Waals surface area contributed by atoms with E-state index in [4.69, 9.17) is 13.9 Å². The summed E-state index contributed by atoms with van der Waals surface area (Å²) in [7, 11) is -1.73. The van der Waals surface area contributed by atoms with Gasteiger partial charge in [-0.25, -0.2) is 0 Å². The maximum absolute atomic E-state index is 9.40. The Morgan fingerprint density at radius 2 is 1.70 bits per heavy atom. The Bertz CT molecular complexity index is 526. The van der Waals surface area contributed by atoms with Crippen LogP contribution >= 0.6 is 0 Å². The fourth-order valence-corrected chi connectivity index (χ4v) is 7.04. The SMILES string of the molecule is CC[Si](CC)(CC)O[C@@H]([C@@H](C)[C@@H]1O[C@H]1CO)[C@H](C)COCc1ccccc1. The smallest absolute Gasteiger partial charge is 0.192 e. The molecule has 0 saturated carbocycles. The standard InChI is InChI=1S/C22H38O4Si/c1-6-27(7-2,8-3)26-21(18(5)22-20(14-23)25-22)17(4)15-24-16-19-12-10-9-11-13-19/h9-13,17-18,20-23H,6-8,14-16H2,1-5H3/t17-,18-,20+,21-,22+/m1/s1. The highest BCUT2D eigenvalue weighted by atomic mass is 28.4. The predicted molar refractivity (Wildman–Crippen MR) is 112 cm³/mol. The molecule has 0 amide bonds. The van der Waals surface area contributed by atoms with Gasteiger partial charge in [0.05, 0.1) is 32.0 Å². The fourth-order valence-electron chi connectivity index (χ4n) is 4.01. The van der Waals surface area contributed by atoms with Crippen LogP contribution in [0.5, 0.6) is 0 Å². The Labute approximate surface area is 166 Å². The predicted octanol–water partition coefficient (Wildman–Crippen LogP) is 4.63. The van der Waals surface area contributed by atoms with Gasteiger partial charge in [-0.15, -0.1) is 0 Å². The van der Waals surface area contributed by atoms with Gasteiger partial charge in [0.2, 0.25) is 0 Å². The first-order valence-electron chi connectivity index (χ1n) is 10.6. The Morgan fingerprint density at radius 3 is 2.22 bits per heavy atom. The van der Waals surface area contributed by atoms with E-state index in [1.54, 1.807) is 0 Å². The van der Waals surface area contributed by atoms with Gasteiger partial charge in [0.1, 0.15) is 6.10 Å². The van der Waals surface area contributed by atoms with Gasteiger partial charge < -0.3 is 19.0 Å². The van der Waals surface area contributed by atoms with Crippen molar-refractivity contribution in [1.82, 2.24) is 0 Å². The highest BCUT2D eigenvalue weighted by Crippen LogP contribution is 2.37. The van der Waals surface area contributed by atoms with Crippen molar-refractivity contribution < 1.29 is 19.0 Å². The molecule has 0 bridgehead atoms. The second-order valence-corrected chi connectivity index (χ2v) is 12.7. The molecular weight excluding hydrogens is 356 g/mol. The molecule has 154 valence electrons. The first-order chi connectivity index (χ1) is 13.0. The third-order valence-corrected chi connectivity index (χ3v) is 10.8. The van der Waals surface area contributed by atoms with Gasteiger partial charge in [-0.05, 0) is 23.7 Å². The number of aliphatic hydroxyl groups is 1. The van der Waals surface area contributed by atoms with Crippen molar-refractivity contribution in [2.24, 2.45) is 11.8 Å².